The lowest BCUT2D eigenvalue weighted by Crippen LogP contribution is -2.50. The molecule has 1 saturated heterocycles. The lowest BCUT2D eigenvalue weighted by atomic mass is 9.62. The van der Waals surface area contributed by atoms with E-state index in [9.17, 15) is 23.5 Å². The number of nitrogens with one attached hydrogen (secondary N) is 1. The average Bonchev–Trinajstić information content (AvgIpc) is 2.87. The maximum Gasteiger partial charge on any atom is 0.256 e. The summed E-state index contributed by atoms with van der Waals surface area (Å²) in [5.41, 5.74) is -2.30. The molecule has 10 heteroatoms. The van der Waals surface area contributed by atoms with Gasteiger partial charge in [-0.05, 0) is 19.3 Å². The van der Waals surface area contributed by atoms with Crippen molar-refractivity contribution in [3.63, 3.8) is 0 Å². The summed E-state index contributed by atoms with van der Waals surface area (Å²) in [7, 11) is 0. The molecular formula is C18H20F3N5O2. The van der Waals surface area contributed by atoms with Gasteiger partial charge in [-0.1, -0.05) is 6.42 Å². The van der Waals surface area contributed by atoms with E-state index in [1.54, 1.807) is 6.07 Å². The number of hydrogen-bond donors (Lipinski definition) is 2. The van der Waals surface area contributed by atoms with E-state index in [1.807, 2.05) is 0 Å². The van der Waals surface area contributed by atoms with E-state index in [0.29, 0.717) is 19.4 Å². The molecule has 0 amide bonds. The minimum atomic E-state index is -3.15. The third kappa shape index (κ3) is 2.72. The third-order valence-electron chi connectivity index (χ3n) is 5.88. The van der Waals surface area contributed by atoms with E-state index in [-0.39, 0.29) is 42.6 Å². The van der Waals surface area contributed by atoms with Gasteiger partial charge in [0.05, 0.1) is 36.1 Å². The number of fused-ring (bicyclic) bond motifs is 1. The molecule has 150 valence electrons. The Morgan fingerprint density at radius 1 is 1.46 bits per heavy atom. The SMILES string of the molecule is CC(F)(F)C1(c2c(C#N)c(F)c3cnc(N[C@@H]4CCOC[C@H]4O)nn23)CCC1. The van der Waals surface area contributed by atoms with Crippen molar-refractivity contribution in [2.75, 3.05) is 18.5 Å². The molecule has 0 unspecified atom stereocenters. The van der Waals surface area contributed by atoms with E-state index >= 15 is 0 Å². The fourth-order valence-corrected chi connectivity index (χ4v) is 4.09. The Kier molecular flexibility index (Phi) is 4.47. The molecule has 2 atom stereocenters. The van der Waals surface area contributed by atoms with Crippen LogP contribution >= 0.6 is 0 Å². The highest BCUT2D eigenvalue weighted by molar-refractivity contribution is 5.60. The predicted octanol–water partition coefficient (Wildman–Crippen LogP) is 2.38. The number of halogens is 3. The number of nitrogens with zero attached hydrogens (tertiary/aromatic N) is 4. The largest absolute Gasteiger partial charge is 0.389 e. The van der Waals surface area contributed by atoms with Gasteiger partial charge in [0.2, 0.25) is 5.95 Å². The van der Waals surface area contributed by atoms with Crippen LogP contribution in [-0.4, -0.2) is 51.0 Å². The first-order valence-electron chi connectivity index (χ1n) is 9.16. The molecule has 2 fully saturated rings. The lowest BCUT2D eigenvalue weighted by molar-refractivity contribution is -0.0997. The van der Waals surface area contributed by atoms with Gasteiger partial charge >= 0.3 is 0 Å². The van der Waals surface area contributed by atoms with Gasteiger partial charge in [-0.3, -0.25) is 0 Å². The number of aromatic nitrogens is 3. The highest BCUT2D eigenvalue weighted by Gasteiger charge is 2.58. The molecule has 28 heavy (non-hydrogen) atoms. The molecule has 0 bridgehead atoms. The molecular weight excluding hydrogens is 375 g/mol. The van der Waals surface area contributed by atoms with Crippen molar-refractivity contribution in [2.24, 2.45) is 0 Å². The summed E-state index contributed by atoms with van der Waals surface area (Å²) in [5.74, 6) is -3.98. The fourth-order valence-electron chi connectivity index (χ4n) is 4.09. The van der Waals surface area contributed by atoms with Gasteiger partial charge in [0, 0.05) is 13.5 Å². The standard InChI is InChI=1S/C18H20F3N5O2/c1-17(20,21)18(4-2-5-18)15-10(7-22)14(19)12-8-23-16(25-26(12)15)24-11-3-6-28-9-13(11)27/h8,11,13,27H,2-6,9H2,1H3,(H,24,25)/t11-,13-/m1/s1. The van der Waals surface area contributed by atoms with Crippen LogP contribution in [0.5, 0.6) is 0 Å². The molecule has 2 aromatic heterocycles. The van der Waals surface area contributed by atoms with Crippen molar-refractivity contribution in [3.8, 4) is 6.07 Å². The number of aliphatic hydroxyl groups excluding tert-OH is 1. The molecule has 0 radical (unpaired) electrons. The average molecular weight is 395 g/mol. The van der Waals surface area contributed by atoms with Crippen LogP contribution in [0, 0.1) is 17.1 Å². The molecule has 2 aromatic rings. The van der Waals surface area contributed by atoms with Crippen LogP contribution in [-0.2, 0) is 10.2 Å². The van der Waals surface area contributed by atoms with Crippen LogP contribution in [0.4, 0.5) is 19.1 Å². The number of ether oxygens (including phenoxy) is 1. The fraction of sp³-hybridized carbons (Fsp3) is 0.611. The van der Waals surface area contributed by atoms with E-state index < -0.39 is 28.8 Å². The summed E-state index contributed by atoms with van der Waals surface area (Å²) >= 11 is 0. The highest BCUT2D eigenvalue weighted by Crippen LogP contribution is 2.55. The Balaban J connectivity index is 1.83. The van der Waals surface area contributed by atoms with Crippen molar-refractivity contribution in [1.29, 1.82) is 5.26 Å². The van der Waals surface area contributed by atoms with E-state index in [1.165, 1.54) is 6.20 Å². The minimum Gasteiger partial charge on any atom is -0.389 e. The summed E-state index contributed by atoms with van der Waals surface area (Å²) < 4.78 is 50.1. The Bertz CT molecular complexity index is 945. The summed E-state index contributed by atoms with van der Waals surface area (Å²) in [4.78, 5) is 4.04. The normalized spacial score (nSPS) is 24.6. The first-order chi connectivity index (χ1) is 13.3. The molecule has 3 heterocycles. The van der Waals surface area contributed by atoms with Gasteiger partial charge in [0.1, 0.15) is 17.1 Å². The number of nitriles is 1. The first kappa shape index (κ1) is 19.0. The van der Waals surface area contributed by atoms with Gasteiger partial charge in [0.15, 0.2) is 5.82 Å². The van der Waals surface area contributed by atoms with Crippen molar-refractivity contribution in [1.82, 2.24) is 14.6 Å². The second-order valence-corrected chi connectivity index (χ2v) is 7.53. The summed E-state index contributed by atoms with van der Waals surface area (Å²) in [6, 6.07) is 1.35. The van der Waals surface area contributed by atoms with E-state index in [0.717, 1.165) is 11.4 Å². The second kappa shape index (κ2) is 6.60. The van der Waals surface area contributed by atoms with Gasteiger partial charge in [-0.2, -0.15) is 5.26 Å². The van der Waals surface area contributed by atoms with Crippen molar-refractivity contribution < 1.29 is 23.0 Å². The van der Waals surface area contributed by atoms with Crippen molar-refractivity contribution in [3.05, 3.63) is 23.3 Å². The number of alkyl halides is 2. The predicted molar refractivity (Wildman–Crippen MR) is 92.7 cm³/mol. The van der Waals surface area contributed by atoms with Gasteiger partial charge in [-0.25, -0.2) is 22.7 Å². The van der Waals surface area contributed by atoms with Crippen LogP contribution < -0.4 is 5.32 Å². The molecule has 1 saturated carbocycles. The zero-order chi connectivity index (χ0) is 20.1. The molecule has 1 aliphatic carbocycles. The maximum absolute atomic E-state index is 14.8. The number of anilines is 1. The topological polar surface area (TPSA) is 95.5 Å². The van der Waals surface area contributed by atoms with Crippen molar-refractivity contribution >= 4 is 11.5 Å². The van der Waals surface area contributed by atoms with Gasteiger partial charge in [0.25, 0.3) is 5.92 Å². The summed E-state index contributed by atoms with van der Waals surface area (Å²) in [5, 5.41) is 26.6. The van der Waals surface area contributed by atoms with Gasteiger partial charge in [-0.15, -0.1) is 5.10 Å². The molecule has 1 aliphatic heterocycles. The summed E-state index contributed by atoms with van der Waals surface area (Å²) in [6.45, 7) is 1.40. The monoisotopic (exact) mass is 395 g/mol. The molecule has 0 spiro atoms. The first-order valence-corrected chi connectivity index (χ1v) is 9.16. The molecule has 2 N–H and O–H groups in total. The van der Waals surface area contributed by atoms with Crippen molar-refractivity contribution in [2.45, 2.75) is 56.1 Å². The Hall–Kier alpha value is -2.38. The molecule has 2 aliphatic rings. The Labute approximate surface area is 159 Å². The number of hydrogen-bond acceptors (Lipinski definition) is 6. The quantitative estimate of drug-likeness (QED) is 0.825. The van der Waals surface area contributed by atoms with E-state index in [4.69, 9.17) is 4.74 Å². The maximum atomic E-state index is 14.8. The lowest BCUT2D eigenvalue weighted by Gasteiger charge is -2.45. The smallest absolute Gasteiger partial charge is 0.256 e. The third-order valence-corrected chi connectivity index (χ3v) is 5.88. The summed E-state index contributed by atoms with van der Waals surface area (Å²) in [6.07, 6.45) is 1.75. The van der Waals surface area contributed by atoms with Crippen LogP contribution in [0.2, 0.25) is 0 Å². The van der Waals surface area contributed by atoms with E-state index in [2.05, 4.69) is 15.4 Å². The van der Waals surface area contributed by atoms with Crippen LogP contribution in [0.1, 0.15) is 43.9 Å². The number of aliphatic hydroxyl groups is 1. The molecule has 0 aromatic carbocycles. The Morgan fingerprint density at radius 3 is 2.79 bits per heavy atom. The van der Waals surface area contributed by atoms with Gasteiger partial charge < -0.3 is 15.2 Å². The number of rotatable bonds is 4. The minimum absolute atomic E-state index is 0.0630. The zero-order valence-corrected chi connectivity index (χ0v) is 15.3. The second-order valence-electron chi connectivity index (χ2n) is 7.53. The highest BCUT2D eigenvalue weighted by atomic mass is 19.3. The zero-order valence-electron chi connectivity index (χ0n) is 15.3. The molecule has 4 rings (SSSR count). The van der Waals surface area contributed by atoms with Crippen LogP contribution in [0.3, 0.4) is 0 Å². The Morgan fingerprint density at radius 2 is 2.21 bits per heavy atom. The van der Waals surface area contributed by atoms with Crippen LogP contribution in [0.25, 0.3) is 5.52 Å². The molecule has 7 nitrogen and oxygen atoms in total. The van der Waals surface area contributed by atoms with Crippen LogP contribution in [0.15, 0.2) is 6.20 Å².